The maximum atomic E-state index is 4.56. The highest BCUT2D eigenvalue weighted by atomic mass is 14.9. The average Bonchev–Trinajstić information content (AvgIpc) is 2.38. The highest BCUT2D eigenvalue weighted by Crippen LogP contribution is 2.28. The van der Waals surface area contributed by atoms with Crippen LogP contribution >= 0.6 is 0 Å². The molecule has 0 spiro atoms. The fraction of sp³-hybridized carbons (Fsp3) is 0.733. The molecule has 1 aromatic rings. The van der Waals surface area contributed by atoms with Gasteiger partial charge in [-0.15, -0.1) is 0 Å². The lowest BCUT2D eigenvalue weighted by molar-refractivity contribution is 0.551. The number of rotatable bonds is 0. The van der Waals surface area contributed by atoms with E-state index in [1.165, 1.54) is 55.5 Å². The van der Waals surface area contributed by atoms with Crippen molar-refractivity contribution >= 4 is 0 Å². The first-order valence-corrected chi connectivity index (χ1v) is 6.92. The van der Waals surface area contributed by atoms with Crippen LogP contribution in [0.25, 0.3) is 0 Å². The van der Waals surface area contributed by atoms with Gasteiger partial charge in [-0.3, -0.25) is 0 Å². The summed E-state index contributed by atoms with van der Waals surface area (Å²) in [5.74, 6) is 0. The van der Waals surface area contributed by atoms with Crippen LogP contribution in [0.2, 0.25) is 0 Å². The number of fused-ring (bicyclic) bond motifs is 1. The van der Waals surface area contributed by atoms with E-state index in [0.29, 0.717) is 0 Å². The van der Waals surface area contributed by atoms with Crippen LogP contribution in [0.3, 0.4) is 0 Å². The van der Waals surface area contributed by atoms with Crippen LogP contribution in [0.5, 0.6) is 0 Å². The zero-order valence-electron chi connectivity index (χ0n) is 11.4. The van der Waals surface area contributed by atoms with Crippen molar-refractivity contribution in [3.05, 3.63) is 23.3 Å². The first-order valence-electron chi connectivity index (χ1n) is 6.92. The molecule has 1 aliphatic rings. The SMILES string of the molecule is CC(C)(C)c1ncnc2c1CCCCCCC2. The van der Waals surface area contributed by atoms with E-state index in [1.807, 2.05) is 0 Å². The summed E-state index contributed by atoms with van der Waals surface area (Å²) in [6, 6.07) is 0. The lowest BCUT2D eigenvalue weighted by atomic mass is 9.86. The Labute approximate surface area is 105 Å². The number of aryl methyl sites for hydroxylation is 1. The van der Waals surface area contributed by atoms with Crippen molar-refractivity contribution < 1.29 is 0 Å². The van der Waals surface area contributed by atoms with E-state index in [2.05, 4.69) is 30.7 Å². The van der Waals surface area contributed by atoms with Gasteiger partial charge in [0.05, 0.1) is 5.69 Å². The molecule has 0 N–H and O–H groups in total. The van der Waals surface area contributed by atoms with Gasteiger partial charge in [0.25, 0.3) is 0 Å². The molecular formula is C15H24N2. The molecule has 94 valence electrons. The quantitative estimate of drug-likeness (QED) is 0.679. The monoisotopic (exact) mass is 232 g/mol. The summed E-state index contributed by atoms with van der Waals surface area (Å²) in [6.45, 7) is 6.76. The van der Waals surface area contributed by atoms with E-state index in [-0.39, 0.29) is 5.41 Å². The van der Waals surface area contributed by atoms with Crippen molar-refractivity contribution in [2.24, 2.45) is 0 Å². The molecule has 2 heteroatoms. The standard InChI is InChI=1S/C15H24N2/c1-15(2,3)14-12-9-7-5-4-6-8-10-13(12)16-11-17-14/h11H,4-10H2,1-3H3. The van der Waals surface area contributed by atoms with Gasteiger partial charge in [-0.25, -0.2) is 9.97 Å². The minimum Gasteiger partial charge on any atom is -0.241 e. The van der Waals surface area contributed by atoms with Crippen LogP contribution in [0.4, 0.5) is 0 Å². The Kier molecular flexibility index (Phi) is 3.80. The predicted octanol–water partition coefficient (Wildman–Crippen LogP) is 3.82. The third kappa shape index (κ3) is 3.05. The maximum absolute atomic E-state index is 4.56. The van der Waals surface area contributed by atoms with Gasteiger partial charge in [-0.1, -0.05) is 40.0 Å². The summed E-state index contributed by atoms with van der Waals surface area (Å²) in [5, 5.41) is 0. The second-order valence-electron chi connectivity index (χ2n) is 6.17. The molecule has 1 aliphatic carbocycles. The molecule has 0 fully saturated rings. The van der Waals surface area contributed by atoms with Gasteiger partial charge >= 0.3 is 0 Å². The van der Waals surface area contributed by atoms with E-state index in [0.717, 1.165) is 6.42 Å². The molecule has 0 radical (unpaired) electrons. The highest BCUT2D eigenvalue weighted by Gasteiger charge is 2.22. The molecule has 0 atom stereocenters. The second kappa shape index (κ2) is 5.16. The van der Waals surface area contributed by atoms with Gasteiger partial charge in [0, 0.05) is 11.1 Å². The van der Waals surface area contributed by atoms with Crippen molar-refractivity contribution in [2.45, 2.75) is 71.1 Å². The Hall–Kier alpha value is -0.920. The number of aromatic nitrogens is 2. The van der Waals surface area contributed by atoms with Crippen LogP contribution in [-0.4, -0.2) is 9.97 Å². The molecule has 0 bridgehead atoms. The van der Waals surface area contributed by atoms with Gasteiger partial charge in [0.15, 0.2) is 0 Å². The van der Waals surface area contributed by atoms with Crippen LogP contribution in [0, 0.1) is 0 Å². The highest BCUT2D eigenvalue weighted by molar-refractivity contribution is 5.30. The van der Waals surface area contributed by atoms with Gasteiger partial charge in [-0.2, -0.15) is 0 Å². The molecule has 2 nitrogen and oxygen atoms in total. The summed E-state index contributed by atoms with van der Waals surface area (Å²) in [5.41, 5.74) is 4.17. The normalized spacial score (nSPS) is 17.8. The maximum Gasteiger partial charge on any atom is 0.115 e. The lowest BCUT2D eigenvalue weighted by Gasteiger charge is -2.22. The minimum atomic E-state index is 0.140. The molecule has 0 aromatic carbocycles. The van der Waals surface area contributed by atoms with Crippen molar-refractivity contribution in [1.82, 2.24) is 9.97 Å². The molecular weight excluding hydrogens is 208 g/mol. The number of hydrogen-bond donors (Lipinski definition) is 0. The van der Waals surface area contributed by atoms with E-state index in [1.54, 1.807) is 6.33 Å². The van der Waals surface area contributed by atoms with Crippen LogP contribution < -0.4 is 0 Å². The first kappa shape index (κ1) is 12.5. The Bertz CT molecular complexity index is 377. The Morgan fingerprint density at radius 1 is 0.882 bits per heavy atom. The summed E-state index contributed by atoms with van der Waals surface area (Å²) in [7, 11) is 0. The Morgan fingerprint density at radius 2 is 1.53 bits per heavy atom. The minimum absolute atomic E-state index is 0.140. The summed E-state index contributed by atoms with van der Waals surface area (Å²) in [6.07, 6.45) is 10.7. The third-order valence-electron chi connectivity index (χ3n) is 3.59. The number of nitrogens with zero attached hydrogens (tertiary/aromatic N) is 2. The van der Waals surface area contributed by atoms with Gasteiger partial charge in [-0.05, 0) is 31.2 Å². The van der Waals surface area contributed by atoms with E-state index < -0.39 is 0 Å². The van der Waals surface area contributed by atoms with E-state index in [4.69, 9.17) is 0 Å². The molecule has 0 aliphatic heterocycles. The van der Waals surface area contributed by atoms with Crippen molar-refractivity contribution in [3.8, 4) is 0 Å². The van der Waals surface area contributed by atoms with E-state index >= 15 is 0 Å². The molecule has 0 unspecified atom stereocenters. The molecule has 2 rings (SSSR count). The van der Waals surface area contributed by atoms with E-state index in [9.17, 15) is 0 Å². The molecule has 1 heterocycles. The smallest absolute Gasteiger partial charge is 0.115 e. The summed E-state index contributed by atoms with van der Waals surface area (Å²) in [4.78, 5) is 9.08. The molecule has 0 amide bonds. The zero-order valence-corrected chi connectivity index (χ0v) is 11.4. The van der Waals surface area contributed by atoms with Crippen LogP contribution in [0.15, 0.2) is 6.33 Å². The third-order valence-corrected chi connectivity index (χ3v) is 3.59. The molecule has 0 saturated heterocycles. The fourth-order valence-corrected chi connectivity index (χ4v) is 2.70. The average molecular weight is 232 g/mol. The topological polar surface area (TPSA) is 25.8 Å². The lowest BCUT2D eigenvalue weighted by Crippen LogP contribution is -2.19. The van der Waals surface area contributed by atoms with Gasteiger partial charge in [0.1, 0.15) is 6.33 Å². The van der Waals surface area contributed by atoms with Crippen LogP contribution in [0.1, 0.15) is 69.8 Å². The van der Waals surface area contributed by atoms with Gasteiger partial charge < -0.3 is 0 Å². The summed E-state index contributed by atoms with van der Waals surface area (Å²) < 4.78 is 0. The molecule has 1 aromatic heterocycles. The van der Waals surface area contributed by atoms with Crippen molar-refractivity contribution in [1.29, 1.82) is 0 Å². The van der Waals surface area contributed by atoms with Crippen molar-refractivity contribution in [2.75, 3.05) is 0 Å². The molecule has 17 heavy (non-hydrogen) atoms. The van der Waals surface area contributed by atoms with Gasteiger partial charge in [0.2, 0.25) is 0 Å². The summed E-state index contributed by atoms with van der Waals surface area (Å²) >= 11 is 0. The number of hydrogen-bond acceptors (Lipinski definition) is 2. The largest absolute Gasteiger partial charge is 0.241 e. The zero-order chi connectivity index (χ0) is 12.3. The predicted molar refractivity (Wildman–Crippen MR) is 71.2 cm³/mol. The molecule has 0 saturated carbocycles. The Balaban J connectivity index is 2.39. The Morgan fingerprint density at radius 3 is 2.24 bits per heavy atom. The van der Waals surface area contributed by atoms with Crippen LogP contribution in [-0.2, 0) is 18.3 Å². The second-order valence-corrected chi connectivity index (χ2v) is 6.17. The van der Waals surface area contributed by atoms with Crippen molar-refractivity contribution in [3.63, 3.8) is 0 Å². The first-order chi connectivity index (χ1) is 8.09. The fourth-order valence-electron chi connectivity index (χ4n) is 2.70.